The van der Waals surface area contributed by atoms with Gasteiger partial charge >= 0.3 is 0 Å². The summed E-state index contributed by atoms with van der Waals surface area (Å²) in [5, 5.41) is 0. The fourth-order valence-electron chi connectivity index (χ4n) is 2.57. The van der Waals surface area contributed by atoms with E-state index in [1.165, 1.54) is 0 Å². The first kappa shape index (κ1) is 17.6. The zero-order valence-corrected chi connectivity index (χ0v) is 14.8. The van der Waals surface area contributed by atoms with Crippen molar-refractivity contribution in [1.29, 1.82) is 0 Å². The number of primary amides is 1. The molecule has 3 rings (SSSR count). The van der Waals surface area contributed by atoms with Gasteiger partial charge in [-0.15, -0.1) is 0 Å². The number of carbonyl (C=O) groups is 1. The van der Waals surface area contributed by atoms with Crippen LogP contribution < -0.4 is 11.5 Å². The molecular formula is C19H17N3O3S. The molecule has 4 N–H and O–H groups in total. The van der Waals surface area contributed by atoms with Crippen LogP contribution >= 0.6 is 0 Å². The number of benzene rings is 2. The van der Waals surface area contributed by atoms with Gasteiger partial charge in [0.25, 0.3) is 0 Å². The summed E-state index contributed by atoms with van der Waals surface area (Å²) < 4.78 is 23.2. The minimum Gasteiger partial charge on any atom is -0.383 e. The lowest BCUT2D eigenvalue weighted by Crippen LogP contribution is -2.10. The van der Waals surface area contributed by atoms with Crippen LogP contribution in [0, 0.1) is 0 Å². The maximum absolute atomic E-state index is 11.6. The first-order chi connectivity index (χ1) is 12.3. The van der Waals surface area contributed by atoms with Crippen LogP contribution in [0.25, 0.3) is 22.3 Å². The minimum absolute atomic E-state index is 0.242. The first-order valence-electron chi connectivity index (χ1n) is 7.72. The third-order valence-electron chi connectivity index (χ3n) is 4.01. The molecule has 0 aliphatic rings. The van der Waals surface area contributed by atoms with Gasteiger partial charge in [-0.2, -0.15) is 0 Å². The molecule has 0 saturated carbocycles. The molecule has 1 aromatic heterocycles. The molecule has 0 fully saturated rings. The molecule has 0 spiro atoms. The van der Waals surface area contributed by atoms with Crippen molar-refractivity contribution in [2.24, 2.45) is 5.73 Å². The topological polar surface area (TPSA) is 116 Å². The molecule has 1 heterocycles. The Hall–Kier alpha value is -3.19. The molecular weight excluding hydrogens is 350 g/mol. The van der Waals surface area contributed by atoms with Gasteiger partial charge in [0.1, 0.15) is 5.82 Å². The number of sulfone groups is 1. The molecule has 0 atom stereocenters. The SMILES string of the molecule is CS(=O)(=O)c1ccc(-c2cc(-c3ccc(C(N)=O)cc3)cnc2N)cc1. The smallest absolute Gasteiger partial charge is 0.248 e. The number of anilines is 1. The molecule has 0 aliphatic heterocycles. The fourth-order valence-corrected chi connectivity index (χ4v) is 3.20. The number of carbonyl (C=O) groups excluding carboxylic acids is 1. The summed E-state index contributed by atoms with van der Waals surface area (Å²) in [4.78, 5) is 15.7. The summed E-state index contributed by atoms with van der Waals surface area (Å²) >= 11 is 0. The average Bonchev–Trinajstić information content (AvgIpc) is 2.61. The van der Waals surface area contributed by atoms with Crippen molar-refractivity contribution >= 4 is 21.6 Å². The van der Waals surface area contributed by atoms with Crippen molar-refractivity contribution in [3.63, 3.8) is 0 Å². The number of pyridine rings is 1. The number of aromatic nitrogens is 1. The Balaban J connectivity index is 2.01. The lowest BCUT2D eigenvalue weighted by atomic mass is 10.0. The highest BCUT2D eigenvalue weighted by atomic mass is 32.2. The van der Waals surface area contributed by atoms with Gasteiger partial charge in [-0.25, -0.2) is 13.4 Å². The Morgan fingerprint density at radius 1 is 0.923 bits per heavy atom. The molecule has 2 aromatic carbocycles. The Bertz CT molecular complexity index is 1070. The number of nitrogens with zero attached hydrogens (tertiary/aromatic N) is 1. The summed E-state index contributed by atoms with van der Waals surface area (Å²) in [5.41, 5.74) is 14.8. The van der Waals surface area contributed by atoms with Crippen molar-refractivity contribution in [2.75, 3.05) is 12.0 Å². The summed E-state index contributed by atoms with van der Waals surface area (Å²) in [5.74, 6) is -0.145. The summed E-state index contributed by atoms with van der Waals surface area (Å²) in [6.07, 6.45) is 2.80. The van der Waals surface area contributed by atoms with E-state index in [0.29, 0.717) is 16.9 Å². The third-order valence-corrected chi connectivity index (χ3v) is 5.14. The summed E-state index contributed by atoms with van der Waals surface area (Å²) in [6.45, 7) is 0. The Labute approximate surface area is 151 Å². The van der Waals surface area contributed by atoms with E-state index < -0.39 is 15.7 Å². The van der Waals surface area contributed by atoms with Crippen LogP contribution in [0.3, 0.4) is 0 Å². The monoisotopic (exact) mass is 367 g/mol. The van der Waals surface area contributed by atoms with Gasteiger partial charge in [0, 0.05) is 29.1 Å². The van der Waals surface area contributed by atoms with Crippen molar-refractivity contribution < 1.29 is 13.2 Å². The van der Waals surface area contributed by atoms with Crippen molar-refractivity contribution in [3.05, 3.63) is 66.4 Å². The fraction of sp³-hybridized carbons (Fsp3) is 0.0526. The number of hydrogen-bond acceptors (Lipinski definition) is 5. The number of amides is 1. The Morgan fingerprint density at radius 3 is 2.04 bits per heavy atom. The van der Waals surface area contributed by atoms with Crippen LogP contribution in [-0.4, -0.2) is 25.6 Å². The van der Waals surface area contributed by atoms with E-state index in [1.54, 1.807) is 54.7 Å². The zero-order valence-electron chi connectivity index (χ0n) is 14.0. The van der Waals surface area contributed by atoms with Crippen LogP contribution in [0.15, 0.2) is 65.7 Å². The van der Waals surface area contributed by atoms with Gasteiger partial charge in [-0.1, -0.05) is 24.3 Å². The summed E-state index contributed by atoms with van der Waals surface area (Å²) in [6, 6.07) is 15.2. The number of nitrogen functional groups attached to an aromatic ring is 1. The van der Waals surface area contributed by atoms with E-state index in [1.807, 2.05) is 6.07 Å². The van der Waals surface area contributed by atoms with Gasteiger partial charge in [0.15, 0.2) is 9.84 Å². The third kappa shape index (κ3) is 3.57. The highest BCUT2D eigenvalue weighted by Crippen LogP contribution is 2.30. The molecule has 132 valence electrons. The molecule has 0 unspecified atom stereocenters. The second-order valence-corrected chi connectivity index (χ2v) is 7.91. The van der Waals surface area contributed by atoms with E-state index in [4.69, 9.17) is 11.5 Å². The van der Waals surface area contributed by atoms with Crippen LogP contribution in [0.5, 0.6) is 0 Å². The minimum atomic E-state index is -3.26. The Morgan fingerprint density at radius 2 is 1.50 bits per heavy atom. The molecule has 26 heavy (non-hydrogen) atoms. The second-order valence-electron chi connectivity index (χ2n) is 5.89. The largest absolute Gasteiger partial charge is 0.383 e. The number of rotatable bonds is 4. The van der Waals surface area contributed by atoms with Crippen LogP contribution in [0.2, 0.25) is 0 Å². The average molecular weight is 367 g/mol. The van der Waals surface area contributed by atoms with E-state index in [2.05, 4.69) is 4.98 Å². The molecule has 0 saturated heterocycles. The lowest BCUT2D eigenvalue weighted by Gasteiger charge is -2.09. The van der Waals surface area contributed by atoms with Gasteiger partial charge in [0.2, 0.25) is 5.91 Å². The van der Waals surface area contributed by atoms with Crippen molar-refractivity contribution in [1.82, 2.24) is 4.98 Å². The molecule has 6 nitrogen and oxygen atoms in total. The molecule has 7 heteroatoms. The maximum Gasteiger partial charge on any atom is 0.248 e. The van der Waals surface area contributed by atoms with Crippen LogP contribution in [0.1, 0.15) is 10.4 Å². The van der Waals surface area contributed by atoms with Gasteiger partial charge < -0.3 is 11.5 Å². The standard InChI is InChI=1S/C19H17N3O3S/c1-26(24,25)16-8-6-13(7-9-16)17-10-15(11-22-18(17)20)12-2-4-14(5-3-12)19(21)23/h2-11H,1H3,(H2,20,22)(H2,21,23). The normalized spacial score (nSPS) is 11.3. The van der Waals surface area contributed by atoms with Gasteiger partial charge in [0.05, 0.1) is 4.90 Å². The van der Waals surface area contributed by atoms with Crippen LogP contribution in [0.4, 0.5) is 5.82 Å². The predicted molar refractivity (Wildman–Crippen MR) is 101 cm³/mol. The number of hydrogen-bond donors (Lipinski definition) is 2. The van der Waals surface area contributed by atoms with E-state index >= 15 is 0 Å². The number of nitrogens with two attached hydrogens (primary N) is 2. The predicted octanol–water partition coefficient (Wildman–Crippen LogP) is 2.50. The maximum atomic E-state index is 11.6. The summed E-state index contributed by atoms with van der Waals surface area (Å²) in [7, 11) is -3.26. The van der Waals surface area contributed by atoms with Crippen molar-refractivity contribution in [3.8, 4) is 22.3 Å². The van der Waals surface area contributed by atoms with E-state index in [0.717, 1.165) is 22.9 Å². The molecule has 0 bridgehead atoms. The highest BCUT2D eigenvalue weighted by molar-refractivity contribution is 7.90. The molecule has 3 aromatic rings. The quantitative estimate of drug-likeness (QED) is 0.735. The lowest BCUT2D eigenvalue weighted by molar-refractivity contribution is 0.100. The highest BCUT2D eigenvalue weighted by Gasteiger charge is 2.11. The molecule has 0 aliphatic carbocycles. The molecule has 1 amide bonds. The van der Waals surface area contributed by atoms with Gasteiger partial charge in [-0.05, 0) is 41.5 Å². The van der Waals surface area contributed by atoms with Crippen molar-refractivity contribution in [2.45, 2.75) is 4.90 Å². The van der Waals surface area contributed by atoms with E-state index in [-0.39, 0.29) is 4.90 Å². The van der Waals surface area contributed by atoms with Gasteiger partial charge in [-0.3, -0.25) is 4.79 Å². The zero-order chi connectivity index (χ0) is 18.9. The Kier molecular flexibility index (Phi) is 4.48. The first-order valence-corrected chi connectivity index (χ1v) is 9.61. The van der Waals surface area contributed by atoms with E-state index in [9.17, 15) is 13.2 Å². The second kappa shape index (κ2) is 6.61. The van der Waals surface area contributed by atoms with Crippen LogP contribution in [-0.2, 0) is 9.84 Å². The molecule has 0 radical (unpaired) electrons.